The number of benzene rings is 1. The molecule has 1 aliphatic heterocycles. The molecule has 1 fully saturated rings. The van der Waals surface area contributed by atoms with Gasteiger partial charge in [0, 0.05) is 32.2 Å². The summed E-state index contributed by atoms with van der Waals surface area (Å²) in [6, 6.07) is 3.61. The maximum Gasteiger partial charge on any atom is 0.309 e. The number of aliphatic imine (C=N–C) groups is 1. The van der Waals surface area contributed by atoms with Crippen LogP contribution in [0.3, 0.4) is 0 Å². The molecule has 0 amide bonds. The minimum Gasteiger partial charge on any atom is -0.466 e. The second-order valence-corrected chi connectivity index (χ2v) is 6.23. The first-order valence-electron chi connectivity index (χ1n) is 9.19. The Morgan fingerprint density at radius 2 is 2.00 bits per heavy atom. The fraction of sp³-hybridized carbons (Fsp3) is 0.579. The maximum absolute atomic E-state index is 13.7. The first-order valence-corrected chi connectivity index (χ1v) is 9.19. The third-order valence-electron chi connectivity index (χ3n) is 4.41. The summed E-state index contributed by atoms with van der Waals surface area (Å²) in [5.41, 5.74) is 0.451. The predicted octanol–water partition coefficient (Wildman–Crippen LogP) is 3.37. The van der Waals surface area contributed by atoms with Crippen LogP contribution in [0.1, 0.15) is 32.3 Å². The van der Waals surface area contributed by atoms with E-state index in [-0.39, 0.29) is 35.9 Å². The van der Waals surface area contributed by atoms with Crippen molar-refractivity contribution in [2.24, 2.45) is 10.9 Å². The van der Waals surface area contributed by atoms with E-state index in [0.717, 1.165) is 44.5 Å². The highest BCUT2D eigenvalue weighted by atomic mass is 127. The number of likely N-dealkylation sites (tertiary alicyclic amines) is 1. The number of halogens is 3. The number of carbonyl (C=O) groups is 1. The van der Waals surface area contributed by atoms with Gasteiger partial charge in [0.05, 0.1) is 12.5 Å². The molecule has 1 aromatic rings. The standard InChI is InChI=1S/C19H27F2N3O2.HI/c1-3-22-19(23-10-7-14-5-6-16(20)13-17(14)21)24-11-8-15(9-12-24)18(25)26-4-2;/h5-6,13,15H,3-4,7-12H2,1-2H3,(H,22,23);1H. The Hall–Kier alpha value is -1.45. The highest BCUT2D eigenvalue weighted by Crippen LogP contribution is 2.19. The lowest BCUT2D eigenvalue weighted by Crippen LogP contribution is -2.46. The van der Waals surface area contributed by atoms with Crippen molar-refractivity contribution < 1.29 is 18.3 Å². The molecule has 1 saturated heterocycles. The van der Waals surface area contributed by atoms with Crippen LogP contribution in [0.4, 0.5) is 8.78 Å². The summed E-state index contributed by atoms with van der Waals surface area (Å²) in [6.45, 7) is 6.78. The monoisotopic (exact) mass is 495 g/mol. The Morgan fingerprint density at radius 1 is 1.30 bits per heavy atom. The molecule has 2 rings (SSSR count). The summed E-state index contributed by atoms with van der Waals surface area (Å²) >= 11 is 0. The van der Waals surface area contributed by atoms with Crippen molar-refractivity contribution in [1.82, 2.24) is 10.2 Å². The highest BCUT2D eigenvalue weighted by Gasteiger charge is 2.27. The van der Waals surface area contributed by atoms with Gasteiger partial charge in [0.2, 0.25) is 0 Å². The van der Waals surface area contributed by atoms with Crippen molar-refractivity contribution in [3.8, 4) is 0 Å². The van der Waals surface area contributed by atoms with E-state index in [4.69, 9.17) is 4.74 Å². The van der Waals surface area contributed by atoms with Crippen LogP contribution in [0.15, 0.2) is 23.2 Å². The Labute approximate surface area is 176 Å². The Balaban J connectivity index is 0.00000364. The van der Waals surface area contributed by atoms with Crippen LogP contribution < -0.4 is 5.32 Å². The summed E-state index contributed by atoms with van der Waals surface area (Å²) in [6.07, 6.45) is 1.87. The number of guanidine groups is 1. The number of piperidine rings is 1. The van der Waals surface area contributed by atoms with Gasteiger partial charge in [-0.15, -0.1) is 24.0 Å². The summed E-state index contributed by atoms with van der Waals surface area (Å²) in [5, 5.41) is 3.24. The van der Waals surface area contributed by atoms with E-state index in [1.807, 2.05) is 13.8 Å². The molecular formula is C19H28F2IN3O2. The second-order valence-electron chi connectivity index (χ2n) is 6.23. The molecule has 0 aliphatic carbocycles. The summed E-state index contributed by atoms with van der Waals surface area (Å²) in [5.74, 6) is -0.534. The topological polar surface area (TPSA) is 53.9 Å². The Morgan fingerprint density at radius 3 is 2.59 bits per heavy atom. The van der Waals surface area contributed by atoms with Crippen LogP contribution in [0.25, 0.3) is 0 Å². The lowest BCUT2D eigenvalue weighted by Gasteiger charge is -2.33. The predicted molar refractivity (Wildman–Crippen MR) is 112 cm³/mol. The van der Waals surface area contributed by atoms with Gasteiger partial charge in [-0.3, -0.25) is 9.79 Å². The zero-order valence-electron chi connectivity index (χ0n) is 15.8. The maximum atomic E-state index is 13.7. The molecule has 0 spiro atoms. The molecule has 0 bridgehead atoms. The van der Waals surface area contributed by atoms with E-state index in [1.165, 1.54) is 12.1 Å². The van der Waals surface area contributed by atoms with Gasteiger partial charge in [-0.1, -0.05) is 6.07 Å². The van der Waals surface area contributed by atoms with Crippen LogP contribution in [0.5, 0.6) is 0 Å². The first kappa shape index (κ1) is 23.6. The van der Waals surface area contributed by atoms with Gasteiger partial charge in [-0.2, -0.15) is 0 Å². The van der Waals surface area contributed by atoms with Crippen molar-refractivity contribution in [3.63, 3.8) is 0 Å². The molecule has 0 radical (unpaired) electrons. The summed E-state index contributed by atoms with van der Waals surface area (Å²) in [7, 11) is 0. The molecule has 1 aromatic carbocycles. The number of carbonyl (C=O) groups excluding carboxylic acids is 1. The number of hydrogen-bond donors (Lipinski definition) is 1. The van der Waals surface area contributed by atoms with Gasteiger partial charge in [-0.25, -0.2) is 8.78 Å². The fourth-order valence-electron chi connectivity index (χ4n) is 3.02. The average Bonchev–Trinajstić information content (AvgIpc) is 2.63. The zero-order chi connectivity index (χ0) is 18.9. The summed E-state index contributed by atoms with van der Waals surface area (Å²) < 4.78 is 31.8. The van der Waals surface area contributed by atoms with E-state index in [1.54, 1.807) is 0 Å². The van der Waals surface area contributed by atoms with Gasteiger partial charge in [0.25, 0.3) is 0 Å². The normalized spacial score (nSPS) is 15.3. The zero-order valence-corrected chi connectivity index (χ0v) is 18.2. The SMILES string of the molecule is CCNC(=NCCc1ccc(F)cc1F)N1CCC(C(=O)OCC)CC1.I. The average molecular weight is 495 g/mol. The third kappa shape index (κ3) is 7.23. The molecule has 1 N–H and O–H groups in total. The van der Waals surface area contributed by atoms with E-state index in [0.29, 0.717) is 25.1 Å². The van der Waals surface area contributed by atoms with Gasteiger partial charge in [0.15, 0.2) is 5.96 Å². The largest absolute Gasteiger partial charge is 0.466 e. The van der Waals surface area contributed by atoms with Crippen molar-refractivity contribution in [2.75, 3.05) is 32.8 Å². The lowest BCUT2D eigenvalue weighted by atomic mass is 9.97. The minimum absolute atomic E-state index is 0. The van der Waals surface area contributed by atoms with Crippen molar-refractivity contribution in [2.45, 2.75) is 33.1 Å². The fourth-order valence-corrected chi connectivity index (χ4v) is 3.02. The second kappa shape index (κ2) is 12.1. The number of nitrogens with one attached hydrogen (secondary N) is 1. The van der Waals surface area contributed by atoms with Crippen molar-refractivity contribution >= 4 is 35.9 Å². The molecule has 27 heavy (non-hydrogen) atoms. The van der Waals surface area contributed by atoms with E-state index >= 15 is 0 Å². The van der Waals surface area contributed by atoms with E-state index in [2.05, 4.69) is 15.2 Å². The summed E-state index contributed by atoms with van der Waals surface area (Å²) in [4.78, 5) is 18.5. The number of hydrogen-bond acceptors (Lipinski definition) is 3. The molecule has 5 nitrogen and oxygen atoms in total. The number of ether oxygens (including phenoxy) is 1. The van der Waals surface area contributed by atoms with Gasteiger partial charge in [-0.05, 0) is 44.7 Å². The lowest BCUT2D eigenvalue weighted by molar-refractivity contribution is -0.149. The van der Waals surface area contributed by atoms with Crippen LogP contribution in [0, 0.1) is 17.6 Å². The smallest absolute Gasteiger partial charge is 0.309 e. The van der Waals surface area contributed by atoms with Crippen LogP contribution in [-0.4, -0.2) is 49.6 Å². The third-order valence-corrected chi connectivity index (χ3v) is 4.41. The Bertz CT molecular complexity index is 635. The molecule has 0 saturated carbocycles. The highest BCUT2D eigenvalue weighted by molar-refractivity contribution is 14.0. The molecule has 152 valence electrons. The first-order chi connectivity index (χ1) is 12.5. The van der Waals surface area contributed by atoms with Crippen molar-refractivity contribution in [3.05, 3.63) is 35.4 Å². The van der Waals surface area contributed by atoms with Crippen LogP contribution >= 0.6 is 24.0 Å². The Kier molecular flexibility index (Phi) is 10.6. The quantitative estimate of drug-likeness (QED) is 0.285. The van der Waals surface area contributed by atoms with Gasteiger partial charge in [0.1, 0.15) is 11.6 Å². The number of rotatable bonds is 6. The van der Waals surface area contributed by atoms with Gasteiger partial charge >= 0.3 is 5.97 Å². The molecule has 1 aliphatic rings. The van der Waals surface area contributed by atoms with E-state index in [9.17, 15) is 13.6 Å². The molecule has 0 aromatic heterocycles. The molecular weight excluding hydrogens is 467 g/mol. The molecule has 0 unspecified atom stereocenters. The molecule has 1 heterocycles. The van der Waals surface area contributed by atoms with E-state index < -0.39 is 11.6 Å². The van der Waals surface area contributed by atoms with Crippen LogP contribution in [-0.2, 0) is 16.0 Å². The van der Waals surface area contributed by atoms with Crippen molar-refractivity contribution in [1.29, 1.82) is 0 Å². The van der Waals surface area contributed by atoms with Crippen LogP contribution in [0.2, 0.25) is 0 Å². The minimum atomic E-state index is -0.576. The number of esters is 1. The number of nitrogens with zero attached hydrogens (tertiary/aromatic N) is 2. The van der Waals surface area contributed by atoms with Gasteiger partial charge < -0.3 is 15.0 Å². The molecule has 8 heteroatoms. The molecule has 0 atom stereocenters.